The van der Waals surface area contributed by atoms with Gasteiger partial charge in [-0.05, 0) is 88.5 Å². The van der Waals surface area contributed by atoms with Crippen molar-refractivity contribution in [1.82, 2.24) is 4.57 Å². The normalized spacial score (nSPS) is 15.0. The van der Waals surface area contributed by atoms with Crippen LogP contribution in [0.5, 0.6) is 0 Å². The first-order chi connectivity index (χ1) is 19.2. The molecule has 1 aliphatic heterocycles. The molecular formula is C38H29N. The average molecular weight is 500 g/mol. The van der Waals surface area contributed by atoms with Crippen LogP contribution in [-0.4, -0.2) is 4.57 Å². The number of rotatable bonds is 3. The quantitative estimate of drug-likeness (QED) is 0.228. The lowest BCUT2D eigenvalue weighted by Gasteiger charge is -2.15. The van der Waals surface area contributed by atoms with Crippen LogP contribution in [0.3, 0.4) is 0 Å². The van der Waals surface area contributed by atoms with Crippen molar-refractivity contribution in [3.05, 3.63) is 143 Å². The topological polar surface area (TPSA) is 4.93 Å². The first kappa shape index (κ1) is 22.4. The largest absolute Gasteiger partial charge is 0.312 e. The molecule has 8 rings (SSSR count). The van der Waals surface area contributed by atoms with Crippen LogP contribution >= 0.6 is 0 Å². The summed E-state index contributed by atoms with van der Waals surface area (Å²) in [6.07, 6.45) is 5.78. The maximum Gasteiger partial charge on any atom is 0.0538 e. The van der Waals surface area contributed by atoms with Crippen LogP contribution in [0.1, 0.15) is 40.3 Å². The second-order valence-corrected chi connectivity index (χ2v) is 11.0. The van der Waals surface area contributed by atoms with Gasteiger partial charge in [-0.3, -0.25) is 0 Å². The average Bonchev–Trinajstić information content (AvgIpc) is 3.50. The summed E-state index contributed by atoms with van der Waals surface area (Å²) in [6, 6.07) is 40.3. The van der Waals surface area contributed by atoms with E-state index < -0.39 is 0 Å². The van der Waals surface area contributed by atoms with Gasteiger partial charge in [-0.1, -0.05) is 103 Å². The zero-order chi connectivity index (χ0) is 26.1. The molecule has 0 saturated carbocycles. The summed E-state index contributed by atoms with van der Waals surface area (Å²) in [7, 11) is 0. The summed E-state index contributed by atoms with van der Waals surface area (Å²) in [6.45, 7) is 4.46. The van der Waals surface area contributed by atoms with Gasteiger partial charge in [-0.2, -0.15) is 0 Å². The summed E-state index contributed by atoms with van der Waals surface area (Å²) < 4.78 is 2.51. The van der Waals surface area contributed by atoms with Gasteiger partial charge in [-0.15, -0.1) is 0 Å². The molecule has 5 aromatic carbocycles. The van der Waals surface area contributed by atoms with E-state index in [4.69, 9.17) is 0 Å². The maximum atomic E-state index is 2.51. The molecule has 0 bridgehead atoms. The molecule has 0 saturated heterocycles. The van der Waals surface area contributed by atoms with Crippen molar-refractivity contribution in [2.24, 2.45) is 0 Å². The third-order valence-corrected chi connectivity index (χ3v) is 8.77. The molecule has 0 fully saturated rings. The number of allylic oxidation sites excluding steroid dienone is 1. The Labute approximate surface area is 229 Å². The second-order valence-electron chi connectivity index (χ2n) is 11.0. The summed E-state index contributed by atoms with van der Waals surface area (Å²) in [4.78, 5) is 0. The Bertz CT molecular complexity index is 1950. The molecule has 1 aliphatic carbocycles. The molecule has 0 spiro atoms. The van der Waals surface area contributed by atoms with Gasteiger partial charge in [0.1, 0.15) is 0 Å². The van der Waals surface area contributed by atoms with E-state index in [1.165, 1.54) is 77.9 Å². The molecule has 0 amide bonds. The van der Waals surface area contributed by atoms with Crippen molar-refractivity contribution in [1.29, 1.82) is 0 Å². The Hall–Kier alpha value is -4.62. The van der Waals surface area contributed by atoms with Gasteiger partial charge in [0.05, 0.1) is 5.52 Å². The van der Waals surface area contributed by atoms with Crippen molar-refractivity contribution in [2.45, 2.75) is 26.2 Å². The van der Waals surface area contributed by atoms with Crippen molar-refractivity contribution in [2.75, 3.05) is 0 Å². The summed E-state index contributed by atoms with van der Waals surface area (Å²) in [5.74, 6) is 0.468. The van der Waals surface area contributed by atoms with Crippen molar-refractivity contribution in [3.8, 4) is 39.1 Å². The van der Waals surface area contributed by atoms with E-state index in [-0.39, 0.29) is 0 Å². The maximum absolute atomic E-state index is 2.51. The Balaban J connectivity index is 1.19. The number of hydrogen-bond acceptors (Lipinski definition) is 0. The fourth-order valence-corrected chi connectivity index (χ4v) is 6.91. The standard InChI is InChI=1S/C38H29N/c1-24-21-27(26-9-4-3-5-10-26)15-18-30(24)31-19-16-28(22-25(31)2)29-17-20-37-35(23-29)34-13-8-12-33-32-11-6-7-14-36(32)39(37)38(33)34/h3-11,13-23,33H,12H2,1-2H3. The predicted octanol–water partition coefficient (Wildman–Crippen LogP) is 10.1. The smallest absolute Gasteiger partial charge is 0.0538 e. The number of aromatic nitrogens is 1. The van der Waals surface area contributed by atoms with E-state index in [0.29, 0.717) is 5.92 Å². The minimum absolute atomic E-state index is 0.468. The number of aryl methyl sites for hydroxylation is 2. The van der Waals surface area contributed by atoms with Crippen molar-refractivity contribution >= 4 is 17.0 Å². The Kier molecular flexibility index (Phi) is 4.84. The lowest BCUT2D eigenvalue weighted by Crippen LogP contribution is -2.00. The van der Waals surface area contributed by atoms with E-state index >= 15 is 0 Å². The molecule has 1 atom stereocenters. The molecular weight excluding hydrogens is 470 g/mol. The second kappa shape index (κ2) is 8.44. The van der Waals surface area contributed by atoms with E-state index in [9.17, 15) is 0 Å². The fourth-order valence-electron chi connectivity index (χ4n) is 6.91. The van der Waals surface area contributed by atoms with Crippen LogP contribution in [0.25, 0.3) is 56.0 Å². The molecule has 2 aliphatic rings. The summed E-state index contributed by atoms with van der Waals surface area (Å²) in [5.41, 5.74) is 17.3. The first-order valence-electron chi connectivity index (χ1n) is 13.9. The van der Waals surface area contributed by atoms with Gasteiger partial charge in [-0.25, -0.2) is 0 Å². The molecule has 1 heteroatoms. The molecule has 2 heterocycles. The highest BCUT2D eigenvalue weighted by Gasteiger charge is 2.34. The highest BCUT2D eigenvalue weighted by atomic mass is 15.0. The van der Waals surface area contributed by atoms with Crippen LogP contribution in [0, 0.1) is 13.8 Å². The van der Waals surface area contributed by atoms with Gasteiger partial charge >= 0.3 is 0 Å². The molecule has 1 nitrogen and oxygen atoms in total. The SMILES string of the molecule is Cc1cc(-c2ccccc2)ccc1-c1ccc(-c2ccc3c(c2)c2c4n3-c3ccccc3C4CC=C2)cc1C. The number of hydrogen-bond donors (Lipinski definition) is 0. The molecule has 0 radical (unpaired) electrons. The third kappa shape index (κ3) is 3.33. The Morgan fingerprint density at radius 3 is 2.00 bits per heavy atom. The minimum Gasteiger partial charge on any atom is -0.312 e. The number of fused-ring (bicyclic) bond motifs is 6. The van der Waals surface area contributed by atoms with E-state index in [2.05, 4.69) is 140 Å². The lowest BCUT2D eigenvalue weighted by molar-refractivity contribution is 0.820. The van der Waals surface area contributed by atoms with Crippen LogP contribution in [0.15, 0.2) is 115 Å². The van der Waals surface area contributed by atoms with E-state index in [1.54, 1.807) is 0 Å². The van der Waals surface area contributed by atoms with Gasteiger partial charge < -0.3 is 4.57 Å². The lowest BCUT2D eigenvalue weighted by atomic mass is 9.87. The molecule has 6 aromatic rings. The predicted molar refractivity (Wildman–Crippen MR) is 165 cm³/mol. The van der Waals surface area contributed by atoms with Crippen molar-refractivity contribution < 1.29 is 0 Å². The number of benzene rings is 5. The number of para-hydroxylation sites is 1. The van der Waals surface area contributed by atoms with Crippen LogP contribution in [-0.2, 0) is 0 Å². The van der Waals surface area contributed by atoms with Gasteiger partial charge in [0, 0.05) is 28.2 Å². The fraction of sp³-hybridized carbons (Fsp3) is 0.105. The zero-order valence-corrected chi connectivity index (χ0v) is 22.3. The van der Waals surface area contributed by atoms with Crippen LogP contribution < -0.4 is 0 Å². The Morgan fingerprint density at radius 2 is 1.26 bits per heavy atom. The van der Waals surface area contributed by atoms with Gasteiger partial charge in [0.2, 0.25) is 0 Å². The molecule has 1 aromatic heterocycles. The van der Waals surface area contributed by atoms with E-state index in [1.807, 2.05) is 0 Å². The Morgan fingerprint density at radius 1 is 0.615 bits per heavy atom. The zero-order valence-electron chi connectivity index (χ0n) is 22.3. The monoisotopic (exact) mass is 499 g/mol. The van der Waals surface area contributed by atoms with E-state index in [0.717, 1.165) is 6.42 Å². The molecule has 186 valence electrons. The number of nitrogens with zero attached hydrogens (tertiary/aromatic N) is 1. The van der Waals surface area contributed by atoms with Gasteiger partial charge in [0.15, 0.2) is 0 Å². The van der Waals surface area contributed by atoms with Crippen LogP contribution in [0.2, 0.25) is 0 Å². The van der Waals surface area contributed by atoms with Crippen LogP contribution in [0.4, 0.5) is 0 Å². The molecule has 1 unspecified atom stereocenters. The highest BCUT2D eigenvalue weighted by molar-refractivity contribution is 5.98. The minimum atomic E-state index is 0.468. The molecule has 39 heavy (non-hydrogen) atoms. The molecule has 0 N–H and O–H groups in total. The highest BCUT2D eigenvalue weighted by Crippen LogP contribution is 2.49. The third-order valence-electron chi connectivity index (χ3n) is 8.77. The first-order valence-corrected chi connectivity index (χ1v) is 13.9. The van der Waals surface area contributed by atoms with Crippen molar-refractivity contribution in [3.63, 3.8) is 0 Å². The van der Waals surface area contributed by atoms with Gasteiger partial charge in [0.25, 0.3) is 0 Å². The summed E-state index contributed by atoms with van der Waals surface area (Å²) >= 11 is 0. The summed E-state index contributed by atoms with van der Waals surface area (Å²) in [5, 5.41) is 1.35.